The van der Waals surface area contributed by atoms with E-state index in [2.05, 4.69) is 20.4 Å². The molecule has 1 aliphatic heterocycles. The van der Waals surface area contributed by atoms with Crippen molar-refractivity contribution in [3.8, 4) is 17.1 Å². The van der Waals surface area contributed by atoms with Crippen LogP contribution in [0, 0.1) is 0 Å². The standard InChI is InChI=1S/C35H41F6N5O7/c1-32(2,3)51-30(48)43-29(44-31(49)52-33(4,5)6)46-17-16-24(47)26(46)28-42-27(45-53-28)21-12-15-25(23(19-21)35(39,40)41)50-18-8-7-9-20-10-13-22(14-11-20)34(36,37)38/h10-15,19,24,26,47H,7-9,16-18H2,1-6H3,(H,43,44,48,49)/t24-,26-/m0/s1. The van der Waals surface area contributed by atoms with Crippen molar-refractivity contribution in [1.29, 1.82) is 0 Å². The summed E-state index contributed by atoms with van der Waals surface area (Å²) in [6.07, 6.45) is -11.2. The maximum Gasteiger partial charge on any atom is 0.437 e. The number of aliphatic hydroxyl groups excluding tert-OH is 1. The molecule has 3 aromatic rings. The number of halogens is 6. The maximum absolute atomic E-state index is 14.2. The highest BCUT2D eigenvalue weighted by Crippen LogP contribution is 2.39. The molecular formula is C35H41F6N5O7. The third-order valence-electron chi connectivity index (χ3n) is 7.48. The number of alkyl carbamates (subject to hydrolysis) is 1. The number of benzene rings is 2. The molecule has 18 heteroatoms. The molecule has 0 radical (unpaired) electrons. The molecule has 53 heavy (non-hydrogen) atoms. The first-order valence-electron chi connectivity index (χ1n) is 16.6. The number of aliphatic hydroxyl groups is 1. The number of carbonyl (C=O) groups excluding carboxylic acids is 2. The monoisotopic (exact) mass is 757 g/mol. The van der Waals surface area contributed by atoms with Crippen molar-refractivity contribution in [2.45, 2.75) is 103 Å². The predicted octanol–water partition coefficient (Wildman–Crippen LogP) is 8.10. The van der Waals surface area contributed by atoms with E-state index < -0.39 is 64.8 Å². The Balaban J connectivity index is 1.50. The van der Waals surface area contributed by atoms with Crippen molar-refractivity contribution in [1.82, 2.24) is 20.4 Å². The molecule has 2 N–H and O–H groups in total. The molecule has 0 bridgehead atoms. The molecule has 2 atom stereocenters. The van der Waals surface area contributed by atoms with E-state index in [1.165, 1.54) is 23.1 Å². The Kier molecular flexibility index (Phi) is 12.4. The molecule has 12 nitrogen and oxygen atoms in total. The van der Waals surface area contributed by atoms with E-state index in [1.54, 1.807) is 41.5 Å². The second-order valence-electron chi connectivity index (χ2n) is 14.2. The summed E-state index contributed by atoms with van der Waals surface area (Å²) < 4.78 is 102. The van der Waals surface area contributed by atoms with Crippen LogP contribution in [0.1, 0.15) is 89.4 Å². The number of alkyl halides is 6. The molecule has 2 heterocycles. The molecule has 1 aliphatic rings. The van der Waals surface area contributed by atoms with Crippen LogP contribution in [0.2, 0.25) is 0 Å². The summed E-state index contributed by atoms with van der Waals surface area (Å²) >= 11 is 0. The number of hydrogen-bond acceptors (Lipinski definition) is 9. The number of ether oxygens (including phenoxy) is 3. The van der Waals surface area contributed by atoms with Gasteiger partial charge in [0.1, 0.15) is 23.0 Å². The quantitative estimate of drug-likeness (QED) is 0.1000. The van der Waals surface area contributed by atoms with Crippen LogP contribution in [0.25, 0.3) is 11.4 Å². The minimum atomic E-state index is -4.84. The third kappa shape index (κ3) is 11.8. The van der Waals surface area contributed by atoms with E-state index in [9.17, 15) is 41.0 Å². The van der Waals surface area contributed by atoms with Crippen LogP contribution in [0.15, 0.2) is 52.0 Å². The number of nitrogens with one attached hydrogen (secondary N) is 1. The van der Waals surface area contributed by atoms with Gasteiger partial charge in [-0.15, -0.1) is 4.99 Å². The van der Waals surface area contributed by atoms with Crippen LogP contribution >= 0.6 is 0 Å². The summed E-state index contributed by atoms with van der Waals surface area (Å²) in [4.78, 5) is 34.8. The smallest absolute Gasteiger partial charge is 0.437 e. The minimum Gasteiger partial charge on any atom is -0.493 e. The second-order valence-corrected chi connectivity index (χ2v) is 14.2. The fraction of sp³-hybridized carbons (Fsp3) is 0.514. The first kappa shape index (κ1) is 40.9. The van der Waals surface area contributed by atoms with Crippen molar-refractivity contribution >= 4 is 18.1 Å². The zero-order valence-corrected chi connectivity index (χ0v) is 29.9. The van der Waals surface area contributed by atoms with Gasteiger partial charge in [-0.25, -0.2) is 9.59 Å². The van der Waals surface area contributed by atoms with Crippen LogP contribution < -0.4 is 10.1 Å². The number of unbranched alkanes of at least 4 members (excludes halogenated alkanes) is 1. The van der Waals surface area contributed by atoms with Gasteiger partial charge in [0.2, 0.25) is 11.8 Å². The molecule has 2 aromatic carbocycles. The number of aromatic nitrogens is 2. The predicted molar refractivity (Wildman–Crippen MR) is 178 cm³/mol. The largest absolute Gasteiger partial charge is 0.493 e. The molecule has 1 saturated heterocycles. The molecule has 1 aromatic heterocycles. The Morgan fingerprint density at radius 3 is 2.21 bits per heavy atom. The van der Waals surface area contributed by atoms with E-state index in [1.807, 2.05) is 0 Å². The summed E-state index contributed by atoms with van der Waals surface area (Å²) in [6, 6.07) is 6.68. The van der Waals surface area contributed by atoms with Gasteiger partial charge in [-0.3, -0.25) is 5.32 Å². The summed E-state index contributed by atoms with van der Waals surface area (Å²) in [5, 5.41) is 17.1. The lowest BCUT2D eigenvalue weighted by Crippen LogP contribution is -2.47. The Labute approximate surface area is 301 Å². The van der Waals surface area contributed by atoms with E-state index in [4.69, 9.17) is 18.7 Å². The third-order valence-corrected chi connectivity index (χ3v) is 7.48. The van der Waals surface area contributed by atoms with E-state index >= 15 is 0 Å². The molecule has 0 saturated carbocycles. The normalized spacial score (nSPS) is 17.2. The summed E-state index contributed by atoms with van der Waals surface area (Å²) in [6.45, 7) is 9.66. The van der Waals surface area contributed by atoms with Crippen LogP contribution in [-0.4, -0.2) is 68.8 Å². The lowest BCUT2D eigenvalue weighted by Gasteiger charge is -2.28. The van der Waals surface area contributed by atoms with Crippen molar-refractivity contribution in [3.05, 3.63) is 65.0 Å². The van der Waals surface area contributed by atoms with Crippen molar-refractivity contribution < 1.29 is 59.8 Å². The maximum atomic E-state index is 14.2. The van der Waals surface area contributed by atoms with Gasteiger partial charge in [-0.1, -0.05) is 17.3 Å². The van der Waals surface area contributed by atoms with Gasteiger partial charge in [0.25, 0.3) is 5.89 Å². The van der Waals surface area contributed by atoms with Gasteiger partial charge in [0, 0.05) is 12.1 Å². The first-order valence-corrected chi connectivity index (χ1v) is 16.6. The van der Waals surface area contributed by atoms with Crippen molar-refractivity contribution in [2.24, 2.45) is 4.99 Å². The Morgan fingerprint density at radius 2 is 1.60 bits per heavy atom. The molecule has 4 rings (SSSR count). The SMILES string of the molecule is CC(C)(C)OC(=O)N=C(NC(=O)OC(C)(C)C)N1CC[C@H](O)[C@H]1c1nc(-c2ccc(OCCCCc3ccc(C(F)(F)F)cc3)c(C(F)(F)F)c2)no1. The number of amides is 2. The van der Waals surface area contributed by atoms with Gasteiger partial charge < -0.3 is 28.7 Å². The lowest BCUT2D eigenvalue weighted by atomic mass is 10.1. The van der Waals surface area contributed by atoms with Gasteiger partial charge in [-0.2, -0.15) is 31.3 Å². The fourth-order valence-corrected chi connectivity index (χ4v) is 5.20. The van der Waals surface area contributed by atoms with Crippen molar-refractivity contribution in [3.63, 3.8) is 0 Å². The van der Waals surface area contributed by atoms with Gasteiger partial charge in [0.05, 0.1) is 23.8 Å². The number of carbonyl (C=O) groups is 2. The molecule has 0 aliphatic carbocycles. The lowest BCUT2D eigenvalue weighted by molar-refractivity contribution is -0.139. The highest BCUT2D eigenvalue weighted by atomic mass is 19.4. The molecule has 0 spiro atoms. The van der Waals surface area contributed by atoms with Crippen LogP contribution in [0.3, 0.4) is 0 Å². The number of aryl methyl sites for hydroxylation is 1. The Hall–Kier alpha value is -4.87. The Morgan fingerprint density at radius 1 is 0.943 bits per heavy atom. The number of aliphatic imine (C=N–C) groups is 1. The average Bonchev–Trinajstić information content (AvgIpc) is 3.65. The number of likely N-dealkylation sites (tertiary alicyclic amines) is 1. The van der Waals surface area contributed by atoms with Gasteiger partial charge in [-0.05, 0) is 103 Å². The van der Waals surface area contributed by atoms with E-state index in [0.717, 1.165) is 24.3 Å². The van der Waals surface area contributed by atoms with Crippen molar-refractivity contribution in [2.75, 3.05) is 13.2 Å². The topological polar surface area (TPSA) is 149 Å². The fourth-order valence-electron chi connectivity index (χ4n) is 5.20. The summed E-state index contributed by atoms with van der Waals surface area (Å²) in [5.41, 5.74) is -3.17. The van der Waals surface area contributed by atoms with Crippen LogP contribution in [0.5, 0.6) is 5.75 Å². The summed E-state index contributed by atoms with van der Waals surface area (Å²) in [5.74, 6) is -1.30. The molecular weight excluding hydrogens is 716 g/mol. The first-order chi connectivity index (χ1) is 24.5. The van der Waals surface area contributed by atoms with Crippen LogP contribution in [-0.2, 0) is 28.2 Å². The number of hydrogen-bond donors (Lipinski definition) is 2. The average molecular weight is 758 g/mol. The molecule has 1 fully saturated rings. The highest BCUT2D eigenvalue weighted by Gasteiger charge is 2.42. The van der Waals surface area contributed by atoms with Gasteiger partial charge in [0.15, 0.2) is 0 Å². The van der Waals surface area contributed by atoms with E-state index in [0.29, 0.717) is 24.8 Å². The number of rotatable bonds is 8. The summed E-state index contributed by atoms with van der Waals surface area (Å²) in [7, 11) is 0. The Bertz CT molecular complexity index is 1760. The number of guanidine groups is 1. The number of nitrogens with zero attached hydrogens (tertiary/aromatic N) is 4. The van der Waals surface area contributed by atoms with Crippen LogP contribution in [0.4, 0.5) is 35.9 Å². The zero-order chi connectivity index (χ0) is 39.4. The van der Waals surface area contributed by atoms with Gasteiger partial charge >= 0.3 is 24.5 Å². The van der Waals surface area contributed by atoms with E-state index in [-0.39, 0.29) is 42.8 Å². The molecule has 290 valence electrons. The molecule has 0 unspecified atom stereocenters. The zero-order valence-electron chi connectivity index (χ0n) is 29.9. The molecule has 2 amide bonds. The highest BCUT2D eigenvalue weighted by molar-refractivity contribution is 5.99. The minimum absolute atomic E-state index is 0.0373. The second kappa shape index (κ2) is 16.0.